The van der Waals surface area contributed by atoms with Crippen molar-refractivity contribution in [2.75, 3.05) is 26.4 Å². The van der Waals surface area contributed by atoms with Gasteiger partial charge in [0, 0.05) is 12.8 Å². The van der Waals surface area contributed by atoms with Gasteiger partial charge >= 0.3 is 19.8 Å². The first kappa shape index (κ1) is 52.7. The van der Waals surface area contributed by atoms with Gasteiger partial charge in [-0.2, -0.15) is 0 Å². The minimum atomic E-state index is -4.63. The highest BCUT2D eigenvalue weighted by Gasteiger charge is 2.27. The number of ether oxygens (including phenoxy) is 2. The molecule has 3 unspecified atom stereocenters. The van der Waals surface area contributed by atoms with Crippen LogP contribution in [0.1, 0.15) is 213 Å². The molecule has 0 fully saturated rings. The fourth-order valence-corrected chi connectivity index (χ4v) is 7.07. The third kappa shape index (κ3) is 37.6. The lowest BCUT2D eigenvalue weighted by atomic mass is 10.0. The predicted octanol–water partition coefficient (Wildman–Crippen LogP) is 11.6. The number of phosphoric acid groups is 1. The van der Waals surface area contributed by atoms with E-state index in [1.165, 1.54) is 122 Å². The SMILES string of the molecule is CCCCCCCCC/C=C\CCCCCCCC(=O)OC(CO)COP(=O)(O)OCC(CO)OC(=O)CCCCCCCCCCCCCCCCC. The van der Waals surface area contributed by atoms with E-state index in [2.05, 4.69) is 26.0 Å². The molecule has 0 aliphatic rings. The summed E-state index contributed by atoms with van der Waals surface area (Å²) >= 11 is 0. The summed E-state index contributed by atoms with van der Waals surface area (Å²) < 4.78 is 32.6. The molecule has 10 nitrogen and oxygen atoms in total. The Bertz CT molecular complexity index is 915. The quantitative estimate of drug-likeness (QED) is 0.0236. The topological polar surface area (TPSA) is 149 Å². The molecule has 54 heavy (non-hydrogen) atoms. The van der Waals surface area contributed by atoms with E-state index >= 15 is 0 Å². The van der Waals surface area contributed by atoms with E-state index in [-0.39, 0.29) is 12.8 Å². The smallest absolute Gasteiger partial charge is 0.457 e. The third-order valence-corrected chi connectivity index (χ3v) is 10.7. The maximum Gasteiger partial charge on any atom is 0.472 e. The van der Waals surface area contributed by atoms with Gasteiger partial charge in [-0.15, -0.1) is 0 Å². The average Bonchev–Trinajstić information content (AvgIpc) is 3.16. The normalized spacial score (nSPS) is 13.9. The summed E-state index contributed by atoms with van der Waals surface area (Å²) in [5.41, 5.74) is 0. The first-order valence-corrected chi connectivity index (χ1v) is 23.6. The number of aliphatic hydroxyl groups is 2. The van der Waals surface area contributed by atoms with Gasteiger partial charge in [0.1, 0.15) is 12.2 Å². The van der Waals surface area contributed by atoms with Gasteiger partial charge in [0.15, 0.2) is 0 Å². The van der Waals surface area contributed by atoms with E-state index in [0.717, 1.165) is 51.4 Å². The van der Waals surface area contributed by atoms with Gasteiger partial charge in [0.2, 0.25) is 0 Å². The Morgan fingerprint density at radius 2 is 0.759 bits per heavy atom. The first-order valence-electron chi connectivity index (χ1n) is 22.1. The van der Waals surface area contributed by atoms with Crippen molar-refractivity contribution in [1.29, 1.82) is 0 Å². The van der Waals surface area contributed by atoms with E-state index < -0.39 is 58.4 Å². The number of carbonyl (C=O) groups is 2. The van der Waals surface area contributed by atoms with E-state index in [0.29, 0.717) is 12.8 Å². The summed E-state index contributed by atoms with van der Waals surface area (Å²) in [5.74, 6) is -1.02. The molecule has 0 saturated heterocycles. The fraction of sp³-hybridized carbons (Fsp3) is 0.907. The lowest BCUT2D eigenvalue weighted by Gasteiger charge is -2.20. The Morgan fingerprint density at radius 3 is 1.06 bits per heavy atom. The molecule has 0 rings (SSSR count). The number of rotatable bonds is 42. The number of carbonyl (C=O) groups excluding carboxylic acids is 2. The molecule has 0 bridgehead atoms. The van der Waals surface area contributed by atoms with E-state index in [1.54, 1.807) is 0 Å². The van der Waals surface area contributed by atoms with Crippen molar-refractivity contribution in [1.82, 2.24) is 0 Å². The summed E-state index contributed by atoms with van der Waals surface area (Å²) in [6, 6.07) is 0. The molecule has 0 amide bonds. The molecule has 0 heterocycles. The molecule has 3 atom stereocenters. The van der Waals surface area contributed by atoms with Gasteiger partial charge in [0.05, 0.1) is 26.4 Å². The maximum atomic E-state index is 12.4. The van der Waals surface area contributed by atoms with Gasteiger partial charge in [-0.1, -0.05) is 174 Å². The van der Waals surface area contributed by atoms with Gasteiger partial charge in [-0.3, -0.25) is 18.6 Å². The second-order valence-corrected chi connectivity index (χ2v) is 16.5. The van der Waals surface area contributed by atoms with Crippen LogP contribution >= 0.6 is 7.82 Å². The molecule has 0 aromatic carbocycles. The van der Waals surface area contributed by atoms with Gasteiger partial charge in [-0.25, -0.2) is 4.57 Å². The van der Waals surface area contributed by atoms with Crippen LogP contribution in [0.4, 0.5) is 0 Å². The molecule has 0 spiro atoms. The molecule has 320 valence electrons. The van der Waals surface area contributed by atoms with E-state index in [1.807, 2.05) is 0 Å². The zero-order chi connectivity index (χ0) is 39.8. The van der Waals surface area contributed by atoms with Crippen LogP contribution in [-0.4, -0.2) is 65.7 Å². The summed E-state index contributed by atoms with van der Waals surface area (Å²) in [4.78, 5) is 34.5. The molecule has 0 radical (unpaired) electrons. The minimum Gasteiger partial charge on any atom is -0.457 e. The van der Waals surface area contributed by atoms with Crippen LogP contribution in [0, 0.1) is 0 Å². The van der Waals surface area contributed by atoms with Crippen molar-refractivity contribution in [3.05, 3.63) is 12.2 Å². The number of hydrogen-bond donors (Lipinski definition) is 3. The summed E-state index contributed by atoms with van der Waals surface area (Å²) in [6.07, 6.45) is 37.5. The Labute approximate surface area is 330 Å². The van der Waals surface area contributed by atoms with E-state index in [4.69, 9.17) is 18.5 Å². The highest BCUT2D eigenvalue weighted by molar-refractivity contribution is 7.47. The first-order chi connectivity index (χ1) is 26.3. The minimum absolute atomic E-state index is 0.186. The average molecular weight is 791 g/mol. The standard InChI is InChI=1S/C43H83O10P/c1-3-5-7-9-11-13-15-17-19-21-23-25-27-29-31-33-35-43(47)53-41(37-45)39-51-54(48,49)50-38-40(36-44)52-42(46)34-32-30-28-26-24-22-20-18-16-14-12-10-8-6-4-2/h19,21,40-41,44-45H,3-18,20,22-39H2,1-2H3,(H,48,49)/b21-19-. The highest BCUT2D eigenvalue weighted by Crippen LogP contribution is 2.43. The third-order valence-electron chi connectivity index (χ3n) is 9.73. The van der Waals surface area contributed by atoms with Crippen LogP contribution in [0.2, 0.25) is 0 Å². The van der Waals surface area contributed by atoms with Crippen LogP contribution in [0.5, 0.6) is 0 Å². The number of allylic oxidation sites excluding steroid dienone is 2. The molecule has 0 aliphatic carbocycles. The zero-order valence-corrected chi connectivity index (χ0v) is 35.6. The molecule has 0 aromatic rings. The Balaban J connectivity index is 3.90. The van der Waals surface area contributed by atoms with Gasteiger partial charge in [0.25, 0.3) is 0 Å². The Hall–Kier alpha value is -1.29. The lowest BCUT2D eigenvalue weighted by Crippen LogP contribution is -2.28. The number of unbranched alkanes of at least 4 members (excludes halogenated alkanes) is 26. The molecule has 0 aliphatic heterocycles. The summed E-state index contributed by atoms with van der Waals surface area (Å²) in [7, 11) is -4.63. The van der Waals surface area contributed by atoms with Crippen molar-refractivity contribution in [3.8, 4) is 0 Å². The second kappa shape index (κ2) is 39.9. The summed E-state index contributed by atoms with van der Waals surface area (Å²) in [6.45, 7) is 2.22. The molecule has 0 aromatic heterocycles. The molecular formula is C43H83O10P. The maximum absolute atomic E-state index is 12.4. The van der Waals surface area contributed by atoms with Crippen molar-refractivity contribution in [2.45, 2.75) is 225 Å². The van der Waals surface area contributed by atoms with E-state index in [9.17, 15) is 29.3 Å². The highest BCUT2D eigenvalue weighted by atomic mass is 31.2. The van der Waals surface area contributed by atoms with Gasteiger partial charge in [-0.05, 0) is 38.5 Å². The number of hydrogen-bond acceptors (Lipinski definition) is 9. The van der Waals surface area contributed by atoms with Crippen molar-refractivity contribution in [3.63, 3.8) is 0 Å². The van der Waals surface area contributed by atoms with Crippen molar-refractivity contribution < 1.29 is 47.8 Å². The second-order valence-electron chi connectivity index (χ2n) is 15.0. The zero-order valence-electron chi connectivity index (χ0n) is 34.7. The molecule has 11 heteroatoms. The molecule has 0 saturated carbocycles. The number of aliphatic hydroxyl groups excluding tert-OH is 2. The number of phosphoric ester groups is 1. The lowest BCUT2D eigenvalue weighted by molar-refractivity contribution is -0.153. The van der Waals surface area contributed by atoms with Crippen LogP contribution in [-0.2, 0) is 32.7 Å². The fourth-order valence-electron chi connectivity index (χ4n) is 6.29. The molecule has 3 N–H and O–H groups in total. The van der Waals surface area contributed by atoms with Crippen LogP contribution in [0.3, 0.4) is 0 Å². The Kier molecular flexibility index (Phi) is 39.0. The van der Waals surface area contributed by atoms with Gasteiger partial charge < -0.3 is 24.6 Å². The van der Waals surface area contributed by atoms with Crippen LogP contribution < -0.4 is 0 Å². The monoisotopic (exact) mass is 791 g/mol. The Morgan fingerprint density at radius 1 is 0.481 bits per heavy atom. The van der Waals surface area contributed by atoms with Crippen LogP contribution in [0.15, 0.2) is 12.2 Å². The summed E-state index contributed by atoms with van der Waals surface area (Å²) in [5, 5.41) is 19.2. The van der Waals surface area contributed by atoms with Crippen molar-refractivity contribution in [2.24, 2.45) is 0 Å². The largest absolute Gasteiger partial charge is 0.472 e. The van der Waals surface area contributed by atoms with Crippen LogP contribution in [0.25, 0.3) is 0 Å². The number of esters is 2. The predicted molar refractivity (Wildman–Crippen MR) is 219 cm³/mol. The molecular weight excluding hydrogens is 707 g/mol. The van der Waals surface area contributed by atoms with Crippen molar-refractivity contribution >= 4 is 19.8 Å².